The third-order valence-corrected chi connectivity index (χ3v) is 6.48. The lowest BCUT2D eigenvalue weighted by atomic mass is 10.3. The van der Waals surface area contributed by atoms with Crippen LogP contribution in [0.15, 0.2) is 17.2 Å². The van der Waals surface area contributed by atoms with Gasteiger partial charge < -0.3 is 10.3 Å². The van der Waals surface area contributed by atoms with Crippen LogP contribution in [-0.4, -0.2) is 47.3 Å². The molecule has 2 atom stereocenters. The van der Waals surface area contributed by atoms with Crippen molar-refractivity contribution >= 4 is 21.8 Å². The maximum atomic E-state index is 12.7. The van der Waals surface area contributed by atoms with E-state index in [9.17, 15) is 8.42 Å². The lowest BCUT2D eigenvalue weighted by Gasteiger charge is -2.33. The van der Waals surface area contributed by atoms with Gasteiger partial charge in [0.15, 0.2) is 0 Å². The highest BCUT2D eigenvalue weighted by Gasteiger charge is 2.32. The molecular weight excluding hydrogens is 306 g/mol. The van der Waals surface area contributed by atoms with E-state index < -0.39 is 10.0 Å². The Labute approximate surface area is 131 Å². The largest absolute Gasteiger partial charge is 0.363 e. The summed E-state index contributed by atoms with van der Waals surface area (Å²) in [5, 5.41) is 3.95. The molecule has 2 N–H and O–H groups in total. The van der Waals surface area contributed by atoms with Gasteiger partial charge in [0.1, 0.15) is 0 Å². The summed E-state index contributed by atoms with van der Waals surface area (Å²) in [5.41, 5.74) is 0.898. The van der Waals surface area contributed by atoms with Gasteiger partial charge in [-0.3, -0.25) is 0 Å². The molecule has 120 valence electrons. The van der Waals surface area contributed by atoms with E-state index in [1.807, 2.05) is 11.8 Å². The standard InChI is InChI=1S/C14H25N3O2S2/c1-10(2)15-6-13-5-14(7-16-13)21(18,19)17-8-11(3)20-12(4)9-17/h5,7,10-12,15-16H,6,8-9H2,1-4H3. The summed E-state index contributed by atoms with van der Waals surface area (Å²) in [6, 6.07) is 2.11. The molecule has 5 nitrogen and oxygen atoms in total. The van der Waals surface area contributed by atoms with Gasteiger partial charge in [-0.15, -0.1) is 0 Å². The van der Waals surface area contributed by atoms with Crippen molar-refractivity contribution in [3.05, 3.63) is 18.0 Å². The van der Waals surface area contributed by atoms with Crippen LogP contribution in [0.4, 0.5) is 0 Å². The van der Waals surface area contributed by atoms with Gasteiger partial charge in [0.25, 0.3) is 0 Å². The van der Waals surface area contributed by atoms with Crippen molar-refractivity contribution in [2.45, 2.75) is 55.7 Å². The molecule has 1 aliphatic rings. The van der Waals surface area contributed by atoms with E-state index in [0.717, 1.165) is 5.69 Å². The fourth-order valence-electron chi connectivity index (χ4n) is 2.46. The lowest BCUT2D eigenvalue weighted by Crippen LogP contribution is -2.43. The first-order valence-electron chi connectivity index (χ1n) is 7.35. The first kappa shape index (κ1) is 16.9. The van der Waals surface area contributed by atoms with Crippen LogP contribution >= 0.6 is 11.8 Å². The van der Waals surface area contributed by atoms with Crippen LogP contribution in [0, 0.1) is 0 Å². The van der Waals surface area contributed by atoms with Gasteiger partial charge in [0.2, 0.25) is 10.0 Å². The van der Waals surface area contributed by atoms with Crippen LogP contribution in [-0.2, 0) is 16.6 Å². The van der Waals surface area contributed by atoms with E-state index in [1.165, 1.54) is 0 Å². The Kier molecular flexibility index (Phi) is 5.40. The molecule has 0 saturated carbocycles. The molecular formula is C14H25N3O2S2. The van der Waals surface area contributed by atoms with E-state index in [2.05, 4.69) is 38.0 Å². The zero-order valence-corrected chi connectivity index (χ0v) is 14.7. The quantitative estimate of drug-likeness (QED) is 0.866. The van der Waals surface area contributed by atoms with E-state index in [4.69, 9.17) is 0 Å². The normalized spacial score (nSPS) is 24.6. The van der Waals surface area contributed by atoms with Crippen LogP contribution in [0.25, 0.3) is 0 Å². The summed E-state index contributed by atoms with van der Waals surface area (Å²) < 4.78 is 27.0. The number of nitrogens with zero attached hydrogens (tertiary/aromatic N) is 1. The molecule has 1 saturated heterocycles. The molecule has 1 fully saturated rings. The summed E-state index contributed by atoms with van der Waals surface area (Å²) in [6.07, 6.45) is 1.60. The highest BCUT2D eigenvalue weighted by molar-refractivity contribution is 8.00. The molecule has 7 heteroatoms. The van der Waals surface area contributed by atoms with Crippen molar-refractivity contribution in [1.82, 2.24) is 14.6 Å². The number of sulfonamides is 1. The smallest absolute Gasteiger partial charge is 0.244 e. The summed E-state index contributed by atoms with van der Waals surface area (Å²) >= 11 is 1.85. The monoisotopic (exact) mass is 331 g/mol. The van der Waals surface area contributed by atoms with Crippen LogP contribution in [0.3, 0.4) is 0 Å². The van der Waals surface area contributed by atoms with Crippen molar-refractivity contribution in [2.75, 3.05) is 13.1 Å². The predicted molar refractivity (Wildman–Crippen MR) is 88.0 cm³/mol. The van der Waals surface area contributed by atoms with Crippen LogP contribution < -0.4 is 5.32 Å². The van der Waals surface area contributed by atoms with Crippen molar-refractivity contribution in [2.24, 2.45) is 0 Å². The number of aromatic amines is 1. The van der Waals surface area contributed by atoms with Crippen LogP contribution in [0.5, 0.6) is 0 Å². The number of hydrogen-bond acceptors (Lipinski definition) is 4. The molecule has 0 aliphatic carbocycles. The molecule has 0 bridgehead atoms. The minimum absolute atomic E-state index is 0.338. The average Bonchev–Trinajstić information content (AvgIpc) is 2.84. The fraction of sp³-hybridized carbons (Fsp3) is 0.714. The second kappa shape index (κ2) is 6.73. The summed E-state index contributed by atoms with van der Waals surface area (Å²) in [5.74, 6) is 0. The lowest BCUT2D eigenvalue weighted by molar-refractivity contribution is 0.405. The van der Waals surface area contributed by atoms with Gasteiger partial charge in [0.05, 0.1) is 4.90 Å². The van der Waals surface area contributed by atoms with Crippen molar-refractivity contribution in [1.29, 1.82) is 0 Å². The number of nitrogens with one attached hydrogen (secondary N) is 2. The van der Waals surface area contributed by atoms with Gasteiger partial charge in [0, 0.05) is 48.1 Å². The zero-order chi connectivity index (χ0) is 15.6. The molecule has 0 aromatic carbocycles. The number of H-pyrrole nitrogens is 1. The number of aromatic nitrogens is 1. The zero-order valence-electron chi connectivity index (χ0n) is 13.1. The van der Waals surface area contributed by atoms with Gasteiger partial charge in [-0.25, -0.2) is 8.42 Å². The highest BCUT2D eigenvalue weighted by atomic mass is 32.2. The molecule has 1 aromatic heterocycles. The first-order valence-corrected chi connectivity index (χ1v) is 9.73. The number of rotatable bonds is 5. The molecule has 0 amide bonds. The Bertz CT molecular complexity index is 559. The Morgan fingerprint density at radius 2 is 2.00 bits per heavy atom. The third kappa shape index (κ3) is 4.25. The topological polar surface area (TPSA) is 65.2 Å². The summed E-state index contributed by atoms with van der Waals surface area (Å²) in [7, 11) is -3.38. The van der Waals surface area contributed by atoms with Crippen LogP contribution in [0.1, 0.15) is 33.4 Å². The Morgan fingerprint density at radius 1 is 1.38 bits per heavy atom. The SMILES string of the molecule is CC(C)NCc1cc(S(=O)(=O)N2CC(C)SC(C)C2)c[nH]1. The minimum Gasteiger partial charge on any atom is -0.363 e. The maximum absolute atomic E-state index is 12.7. The number of thioether (sulfide) groups is 1. The third-order valence-electron chi connectivity index (χ3n) is 3.44. The molecule has 0 radical (unpaired) electrons. The van der Waals surface area contributed by atoms with E-state index >= 15 is 0 Å². The predicted octanol–water partition coefficient (Wildman–Crippen LogP) is 2.03. The Morgan fingerprint density at radius 3 is 2.57 bits per heavy atom. The summed E-state index contributed by atoms with van der Waals surface area (Å²) in [6.45, 7) is 10.1. The Balaban J connectivity index is 2.12. The molecule has 2 heterocycles. The minimum atomic E-state index is -3.38. The first-order chi connectivity index (χ1) is 9.79. The van der Waals surface area contributed by atoms with Gasteiger partial charge >= 0.3 is 0 Å². The van der Waals surface area contributed by atoms with Crippen molar-refractivity contribution < 1.29 is 8.42 Å². The van der Waals surface area contributed by atoms with E-state index in [1.54, 1.807) is 16.6 Å². The molecule has 21 heavy (non-hydrogen) atoms. The maximum Gasteiger partial charge on any atom is 0.244 e. The molecule has 2 rings (SSSR count). The van der Waals surface area contributed by atoms with Gasteiger partial charge in [-0.1, -0.05) is 27.7 Å². The van der Waals surface area contributed by atoms with E-state index in [-0.39, 0.29) is 0 Å². The molecule has 1 aromatic rings. The number of hydrogen-bond donors (Lipinski definition) is 2. The average molecular weight is 332 g/mol. The molecule has 2 unspecified atom stereocenters. The van der Waals surface area contributed by atoms with Crippen molar-refractivity contribution in [3.63, 3.8) is 0 Å². The fourth-order valence-corrected chi connectivity index (χ4v) is 5.61. The Hall–Kier alpha value is -0.500. The second-order valence-corrected chi connectivity index (χ2v) is 9.80. The van der Waals surface area contributed by atoms with E-state index in [0.29, 0.717) is 41.1 Å². The van der Waals surface area contributed by atoms with Crippen LogP contribution in [0.2, 0.25) is 0 Å². The van der Waals surface area contributed by atoms with Gasteiger partial charge in [-0.05, 0) is 6.07 Å². The highest BCUT2D eigenvalue weighted by Crippen LogP contribution is 2.29. The molecule has 1 aliphatic heterocycles. The van der Waals surface area contributed by atoms with Gasteiger partial charge in [-0.2, -0.15) is 16.1 Å². The second-order valence-electron chi connectivity index (χ2n) is 5.98. The molecule has 0 spiro atoms. The van der Waals surface area contributed by atoms with Crippen molar-refractivity contribution in [3.8, 4) is 0 Å². The summed E-state index contributed by atoms with van der Waals surface area (Å²) in [4.78, 5) is 3.42.